The summed E-state index contributed by atoms with van der Waals surface area (Å²) < 4.78 is 6.95. The number of nitrogens with zero attached hydrogens (tertiary/aromatic N) is 2. The van der Waals surface area contributed by atoms with Gasteiger partial charge >= 0.3 is 5.97 Å². The third kappa shape index (κ3) is 5.26. The minimum Gasteiger partial charge on any atom is -0.465 e. The molecule has 6 nitrogen and oxygen atoms in total. The second-order valence-electron chi connectivity index (χ2n) is 7.04. The number of carbonyl (C=O) groups is 1. The number of hydrogen-bond donors (Lipinski definition) is 2. The van der Waals surface area contributed by atoms with Gasteiger partial charge in [0.2, 0.25) is 0 Å². The molecular formula is C22H25ClN4O2S2. The van der Waals surface area contributed by atoms with Gasteiger partial charge in [-0.1, -0.05) is 41.9 Å². The largest absolute Gasteiger partial charge is 0.465 e. The number of ether oxygens (including phenoxy) is 1. The number of nitrogens with one attached hydrogen (secondary N) is 2. The first-order valence-electron chi connectivity index (χ1n) is 9.85. The molecule has 2 heterocycles. The lowest BCUT2D eigenvalue weighted by molar-refractivity contribution is 0.0603. The third-order valence-corrected chi connectivity index (χ3v) is 6.70. The molecule has 1 aromatic carbocycles. The molecule has 0 saturated carbocycles. The number of aromatic nitrogens is 2. The first kappa shape index (κ1) is 23.2. The second kappa shape index (κ2) is 10.3. The molecule has 0 aliphatic rings. The maximum absolute atomic E-state index is 12.6. The second-order valence-corrected chi connectivity index (χ2v) is 9.05. The van der Waals surface area contributed by atoms with E-state index < -0.39 is 5.97 Å². The number of benzene rings is 1. The highest BCUT2D eigenvalue weighted by molar-refractivity contribution is 7.80. The van der Waals surface area contributed by atoms with E-state index >= 15 is 0 Å². The molecule has 3 aromatic rings. The zero-order chi connectivity index (χ0) is 22.5. The van der Waals surface area contributed by atoms with Crippen LogP contribution in [-0.2, 0) is 11.3 Å². The predicted octanol–water partition coefficient (Wildman–Crippen LogP) is 5.35. The summed E-state index contributed by atoms with van der Waals surface area (Å²) in [5, 5.41) is 12.6. The number of halogens is 1. The molecule has 0 fully saturated rings. The lowest BCUT2D eigenvalue weighted by Crippen LogP contribution is -2.30. The Hall–Kier alpha value is -2.42. The molecule has 9 heteroatoms. The number of aryl methyl sites for hydroxylation is 3. The van der Waals surface area contributed by atoms with Crippen LogP contribution in [0.3, 0.4) is 0 Å². The maximum atomic E-state index is 12.6. The predicted molar refractivity (Wildman–Crippen MR) is 131 cm³/mol. The molecule has 0 bridgehead atoms. The molecule has 0 atom stereocenters. The van der Waals surface area contributed by atoms with Crippen LogP contribution in [0.1, 0.15) is 33.0 Å². The highest BCUT2D eigenvalue weighted by atomic mass is 35.5. The van der Waals surface area contributed by atoms with E-state index in [1.54, 1.807) is 0 Å². The van der Waals surface area contributed by atoms with Gasteiger partial charge in [0.1, 0.15) is 10.6 Å². The van der Waals surface area contributed by atoms with Gasteiger partial charge < -0.3 is 15.4 Å². The maximum Gasteiger partial charge on any atom is 0.341 e. The summed E-state index contributed by atoms with van der Waals surface area (Å²) in [5.74, 6) is -0.394. The molecule has 0 radical (unpaired) electrons. The number of hydrogen-bond acceptors (Lipinski definition) is 5. The van der Waals surface area contributed by atoms with Crippen LogP contribution in [0, 0.1) is 20.8 Å². The fourth-order valence-corrected chi connectivity index (χ4v) is 4.83. The standard InChI is InChI=1S/C22H25ClN4O2S2/c1-13-19(23)14(2)27(26-13)12-8-11-24-22(30)25-20-18(21(28)29-4)17(15(3)31-20)16-9-6-5-7-10-16/h5-7,9-10H,8,11-12H2,1-4H3,(H2,24,25,30). The van der Waals surface area contributed by atoms with Crippen molar-refractivity contribution in [3.05, 3.63) is 57.2 Å². The Morgan fingerprint density at radius 2 is 1.97 bits per heavy atom. The molecule has 0 spiro atoms. The zero-order valence-electron chi connectivity index (χ0n) is 17.9. The Morgan fingerprint density at radius 1 is 1.26 bits per heavy atom. The average molecular weight is 477 g/mol. The summed E-state index contributed by atoms with van der Waals surface area (Å²) >= 11 is 13.1. The normalized spacial score (nSPS) is 10.7. The van der Waals surface area contributed by atoms with E-state index in [1.165, 1.54) is 18.4 Å². The number of rotatable bonds is 7. The van der Waals surface area contributed by atoms with E-state index in [0.717, 1.165) is 40.4 Å². The van der Waals surface area contributed by atoms with E-state index in [-0.39, 0.29) is 0 Å². The summed E-state index contributed by atoms with van der Waals surface area (Å²) in [5.41, 5.74) is 4.13. The fraction of sp³-hybridized carbons (Fsp3) is 0.318. The highest BCUT2D eigenvalue weighted by Gasteiger charge is 2.24. The summed E-state index contributed by atoms with van der Waals surface area (Å²) in [6.45, 7) is 7.24. The number of anilines is 1. The van der Waals surface area contributed by atoms with Crippen molar-refractivity contribution in [1.29, 1.82) is 0 Å². The topological polar surface area (TPSA) is 68.2 Å². The minimum atomic E-state index is -0.394. The van der Waals surface area contributed by atoms with Gasteiger partial charge in [-0.3, -0.25) is 4.68 Å². The fourth-order valence-electron chi connectivity index (χ4n) is 3.35. The average Bonchev–Trinajstić information content (AvgIpc) is 3.21. The van der Waals surface area contributed by atoms with Crippen LogP contribution in [-0.4, -0.2) is 34.5 Å². The number of carbonyl (C=O) groups excluding carboxylic acids is 1. The first-order chi connectivity index (χ1) is 14.8. The van der Waals surface area contributed by atoms with Gasteiger partial charge in [-0.25, -0.2) is 4.79 Å². The third-order valence-electron chi connectivity index (χ3n) is 4.89. The molecule has 2 N–H and O–H groups in total. The van der Waals surface area contributed by atoms with Crippen LogP contribution in [0.25, 0.3) is 11.1 Å². The monoisotopic (exact) mass is 476 g/mol. The van der Waals surface area contributed by atoms with E-state index in [2.05, 4.69) is 15.7 Å². The molecule has 164 valence electrons. The zero-order valence-corrected chi connectivity index (χ0v) is 20.3. The van der Waals surface area contributed by atoms with Crippen LogP contribution in [0.4, 0.5) is 5.00 Å². The molecule has 2 aromatic heterocycles. The lowest BCUT2D eigenvalue weighted by Gasteiger charge is -2.12. The number of thiophene rings is 1. The van der Waals surface area contributed by atoms with Crippen molar-refractivity contribution in [2.75, 3.05) is 19.0 Å². The number of esters is 1. The number of methoxy groups -OCH3 is 1. The molecule has 31 heavy (non-hydrogen) atoms. The molecule has 0 aliphatic heterocycles. The van der Waals surface area contributed by atoms with Crippen molar-refractivity contribution >= 4 is 51.2 Å². The van der Waals surface area contributed by atoms with E-state index in [0.29, 0.717) is 27.2 Å². The van der Waals surface area contributed by atoms with Crippen molar-refractivity contribution in [3.63, 3.8) is 0 Å². The van der Waals surface area contributed by atoms with Crippen molar-refractivity contribution < 1.29 is 9.53 Å². The molecule has 3 rings (SSSR count). The smallest absolute Gasteiger partial charge is 0.341 e. The SMILES string of the molecule is COC(=O)c1c(NC(=S)NCCCn2nc(C)c(Cl)c2C)sc(C)c1-c1ccccc1. The van der Waals surface area contributed by atoms with Crippen LogP contribution >= 0.6 is 35.2 Å². The summed E-state index contributed by atoms with van der Waals surface area (Å²) in [6, 6.07) is 9.80. The van der Waals surface area contributed by atoms with Crippen molar-refractivity contribution in [1.82, 2.24) is 15.1 Å². The number of thiocarbonyl (C=S) groups is 1. The van der Waals surface area contributed by atoms with Gasteiger partial charge in [0.25, 0.3) is 0 Å². The molecule has 0 amide bonds. The molecular weight excluding hydrogens is 452 g/mol. The van der Waals surface area contributed by atoms with Crippen LogP contribution in [0.15, 0.2) is 30.3 Å². The van der Waals surface area contributed by atoms with Gasteiger partial charge in [0.05, 0.1) is 23.5 Å². The Morgan fingerprint density at radius 3 is 2.58 bits per heavy atom. The summed E-state index contributed by atoms with van der Waals surface area (Å²) in [6.07, 6.45) is 0.822. The van der Waals surface area contributed by atoms with Gasteiger partial charge in [-0.2, -0.15) is 5.10 Å². The van der Waals surface area contributed by atoms with Gasteiger partial charge in [-0.05, 0) is 45.0 Å². The van der Waals surface area contributed by atoms with Crippen LogP contribution in [0.2, 0.25) is 5.02 Å². The Balaban J connectivity index is 1.67. The highest BCUT2D eigenvalue weighted by Crippen LogP contribution is 2.40. The summed E-state index contributed by atoms with van der Waals surface area (Å²) in [7, 11) is 1.38. The minimum absolute atomic E-state index is 0.394. The van der Waals surface area contributed by atoms with Gasteiger partial charge in [0.15, 0.2) is 5.11 Å². The van der Waals surface area contributed by atoms with E-state index in [1.807, 2.05) is 55.8 Å². The van der Waals surface area contributed by atoms with E-state index in [9.17, 15) is 4.79 Å². The summed E-state index contributed by atoms with van der Waals surface area (Å²) in [4.78, 5) is 13.6. The quantitative estimate of drug-likeness (QED) is 0.272. The van der Waals surface area contributed by atoms with Gasteiger partial charge in [-0.15, -0.1) is 11.3 Å². The lowest BCUT2D eigenvalue weighted by atomic mass is 10.0. The Labute approximate surface area is 196 Å². The molecule has 0 unspecified atom stereocenters. The van der Waals surface area contributed by atoms with Crippen molar-refractivity contribution in [2.24, 2.45) is 0 Å². The van der Waals surface area contributed by atoms with Crippen LogP contribution < -0.4 is 10.6 Å². The first-order valence-corrected chi connectivity index (χ1v) is 11.4. The van der Waals surface area contributed by atoms with E-state index in [4.69, 9.17) is 28.6 Å². The van der Waals surface area contributed by atoms with Crippen LogP contribution in [0.5, 0.6) is 0 Å². The molecule has 0 saturated heterocycles. The Kier molecular flexibility index (Phi) is 7.69. The van der Waals surface area contributed by atoms with Crippen molar-refractivity contribution in [2.45, 2.75) is 33.7 Å². The van der Waals surface area contributed by atoms with Gasteiger partial charge in [0, 0.05) is 23.5 Å². The Bertz CT molecular complexity index is 1090. The van der Waals surface area contributed by atoms with Crippen molar-refractivity contribution in [3.8, 4) is 11.1 Å². The molecule has 0 aliphatic carbocycles.